The summed E-state index contributed by atoms with van der Waals surface area (Å²) in [6, 6.07) is 8.86. The van der Waals surface area contributed by atoms with Gasteiger partial charge in [0.15, 0.2) is 0 Å². The largest absolute Gasteiger partial charge is 0.357 e. The maximum atomic E-state index is 3.80. The van der Waals surface area contributed by atoms with Gasteiger partial charge >= 0.3 is 0 Å². The summed E-state index contributed by atoms with van der Waals surface area (Å²) in [6.07, 6.45) is 7.93. The normalized spacial score (nSPS) is 29.1. The molecule has 0 saturated carbocycles. The fourth-order valence-electron chi connectivity index (χ4n) is 4.88. The van der Waals surface area contributed by atoms with Gasteiger partial charge in [-0.3, -0.25) is 4.90 Å². The molecule has 2 aliphatic rings. The van der Waals surface area contributed by atoms with Crippen molar-refractivity contribution in [1.82, 2.24) is 9.88 Å². The Kier molecular flexibility index (Phi) is 3.53. The lowest BCUT2D eigenvalue weighted by atomic mass is 9.79. The van der Waals surface area contributed by atoms with Gasteiger partial charge in [0.1, 0.15) is 0 Å². The number of hydrogen-bond acceptors (Lipinski definition) is 1. The molecule has 2 heteroatoms. The van der Waals surface area contributed by atoms with Crippen molar-refractivity contribution in [1.29, 1.82) is 0 Å². The van der Waals surface area contributed by atoms with Crippen LogP contribution in [-0.4, -0.2) is 23.0 Å². The quantitative estimate of drug-likeness (QED) is 0.840. The van der Waals surface area contributed by atoms with E-state index in [1.54, 1.807) is 5.56 Å². The molecule has 0 bridgehead atoms. The van der Waals surface area contributed by atoms with Gasteiger partial charge in [0, 0.05) is 23.1 Å². The minimum Gasteiger partial charge on any atom is -0.357 e. The second-order valence-corrected chi connectivity index (χ2v) is 7.54. The number of aromatic nitrogens is 1. The molecule has 2 aromatic rings. The first-order chi connectivity index (χ1) is 10.7. The van der Waals surface area contributed by atoms with Crippen LogP contribution in [0, 0.1) is 5.92 Å². The first-order valence-electron chi connectivity index (χ1n) is 9.07. The van der Waals surface area contributed by atoms with E-state index < -0.39 is 0 Å². The number of benzene rings is 1. The molecule has 3 heterocycles. The van der Waals surface area contributed by atoms with Gasteiger partial charge in [0.05, 0.1) is 5.54 Å². The molecule has 0 radical (unpaired) electrons. The third-order valence-corrected chi connectivity index (χ3v) is 6.12. The maximum absolute atomic E-state index is 3.80. The van der Waals surface area contributed by atoms with Gasteiger partial charge in [-0.15, -0.1) is 0 Å². The first kappa shape index (κ1) is 14.3. The third kappa shape index (κ3) is 2.11. The highest BCUT2D eigenvalue weighted by atomic mass is 15.2. The molecule has 4 rings (SSSR count). The number of aryl methyl sites for hydroxylation is 1. The molecule has 0 aliphatic carbocycles. The van der Waals surface area contributed by atoms with Crippen LogP contribution in [0.5, 0.6) is 0 Å². The topological polar surface area (TPSA) is 19.0 Å². The number of nitrogens with zero attached hydrogens (tertiary/aromatic N) is 1. The lowest BCUT2D eigenvalue weighted by Crippen LogP contribution is -2.50. The minimum absolute atomic E-state index is 0.217. The van der Waals surface area contributed by atoms with Gasteiger partial charge < -0.3 is 4.98 Å². The monoisotopic (exact) mass is 296 g/mol. The van der Waals surface area contributed by atoms with Crippen LogP contribution in [0.4, 0.5) is 0 Å². The highest BCUT2D eigenvalue weighted by Crippen LogP contribution is 2.44. The highest BCUT2D eigenvalue weighted by Gasteiger charge is 2.42. The van der Waals surface area contributed by atoms with E-state index in [4.69, 9.17) is 0 Å². The molecular formula is C20H28N2. The average Bonchev–Trinajstić information content (AvgIpc) is 2.84. The van der Waals surface area contributed by atoms with Gasteiger partial charge in [-0.2, -0.15) is 0 Å². The van der Waals surface area contributed by atoms with E-state index in [2.05, 4.69) is 48.0 Å². The van der Waals surface area contributed by atoms with Crippen LogP contribution in [0.25, 0.3) is 10.9 Å². The van der Waals surface area contributed by atoms with Crippen molar-refractivity contribution in [3.63, 3.8) is 0 Å². The molecule has 22 heavy (non-hydrogen) atoms. The van der Waals surface area contributed by atoms with Gasteiger partial charge in [-0.05, 0) is 63.1 Å². The van der Waals surface area contributed by atoms with Crippen LogP contribution in [-0.2, 0) is 12.0 Å². The summed E-state index contributed by atoms with van der Waals surface area (Å²) >= 11 is 0. The van der Waals surface area contributed by atoms with Gasteiger partial charge in [-0.25, -0.2) is 0 Å². The second kappa shape index (κ2) is 5.42. The van der Waals surface area contributed by atoms with Crippen LogP contribution in [0.1, 0.15) is 57.2 Å². The zero-order valence-corrected chi connectivity index (χ0v) is 14.0. The van der Waals surface area contributed by atoms with Crippen LogP contribution in [0.3, 0.4) is 0 Å². The molecule has 2 nitrogen and oxygen atoms in total. The fourth-order valence-corrected chi connectivity index (χ4v) is 4.88. The Hall–Kier alpha value is -1.28. The van der Waals surface area contributed by atoms with Crippen molar-refractivity contribution in [3.05, 3.63) is 35.5 Å². The van der Waals surface area contributed by atoms with E-state index in [0.717, 1.165) is 5.92 Å². The zero-order valence-electron chi connectivity index (χ0n) is 14.0. The number of fused-ring (bicyclic) bond motifs is 5. The Labute approximate surface area is 133 Å². The van der Waals surface area contributed by atoms with Crippen LogP contribution >= 0.6 is 0 Å². The smallest absolute Gasteiger partial charge is 0.0586 e. The van der Waals surface area contributed by atoms with Crippen molar-refractivity contribution < 1.29 is 0 Å². The van der Waals surface area contributed by atoms with E-state index in [-0.39, 0.29) is 5.54 Å². The molecule has 1 saturated heterocycles. The SMILES string of the molecule is CCCC1CCC2(C)c3[nH]c4ccccc4c3CCCN2C1. The van der Waals surface area contributed by atoms with Crippen LogP contribution in [0.15, 0.2) is 24.3 Å². The molecule has 2 unspecified atom stereocenters. The fraction of sp³-hybridized carbons (Fsp3) is 0.600. The number of rotatable bonds is 2. The summed E-state index contributed by atoms with van der Waals surface area (Å²) < 4.78 is 0. The summed E-state index contributed by atoms with van der Waals surface area (Å²) in [5.41, 5.74) is 4.65. The summed E-state index contributed by atoms with van der Waals surface area (Å²) in [5, 5.41) is 1.45. The molecule has 2 atom stereocenters. The molecule has 118 valence electrons. The molecule has 2 aliphatic heterocycles. The highest BCUT2D eigenvalue weighted by molar-refractivity contribution is 5.85. The average molecular weight is 296 g/mol. The first-order valence-corrected chi connectivity index (χ1v) is 9.07. The number of nitrogens with one attached hydrogen (secondary N) is 1. The van der Waals surface area contributed by atoms with E-state index >= 15 is 0 Å². The second-order valence-electron chi connectivity index (χ2n) is 7.54. The van der Waals surface area contributed by atoms with Gasteiger partial charge in [-0.1, -0.05) is 31.5 Å². The maximum Gasteiger partial charge on any atom is 0.0586 e. The van der Waals surface area contributed by atoms with Crippen molar-refractivity contribution in [2.75, 3.05) is 13.1 Å². The Morgan fingerprint density at radius 3 is 3.05 bits per heavy atom. The predicted molar refractivity (Wildman–Crippen MR) is 93.2 cm³/mol. The molecule has 1 N–H and O–H groups in total. The molecule has 0 amide bonds. The van der Waals surface area contributed by atoms with Crippen molar-refractivity contribution >= 4 is 10.9 Å². The van der Waals surface area contributed by atoms with E-state index in [1.165, 1.54) is 68.2 Å². The van der Waals surface area contributed by atoms with Crippen molar-refractivity contribution in [3.8, 4) is 0 Å². The Balaban J connectivity index is 1.77. The Morgan fingerprint density at radius 2 is 2.18 bits per heavy atom. The third-order valence-electron chi connectivity index (χ3n) is 6.12. The molecule has 1 aromatic heterocycles. The molecule has 0 spiro atoms. The minimum atomic E-state index is 0.217. The lowest BCUT2D eigenvalue weighted by Gasteiger charge is -2.47. The Bertz CT molecular complexity index is 671. The number of H-pyrrole nitrogens is 1. The van der Waals surface area contributed by atoms with Gasteiger partial charge in [0.2, 0.25) is 0 Å². The molecular weight excluding hydrogens is 268 g/mol. The summed E-state index contributed by atoms with van der Waals surface area (Å²) in [6.45, 7) is 7.35. The van der Waals surface area contributed by atoms with Crippen molar-refractivity contribution in [2.45, 2.75) is 57.9 Å². The number of aromatic amines is 1. The predicted octanol–water partition coefficient (Wildman–Crippen LogP) is 4.84. The summed E-state index contributed by atoms with van der Waals surface area (Å²) in [5.74, 6) is 0.906. The van der Waals surface area contributed by atoms with E-state index in [1.807, 2.05) is 0 Å². The zero-order chi connectivity index (χ0) is 15.2. The number of hydrogen-bond donors (Lipinski definition) is 1. The Morgan fingerprint density at radius 1 is 1.32 bits per heavy atom. The van der Waals surface area contributed by atoms with E-state index in [9.17, 15) is 0 Å². The standard InChI is InChI=1S/C20H28N2/c1-3-7-15-11-12-20(2)19-17(9-6-13-22(20)14-15)16-8-4-5-10-18(16)21-19/h4-5,8,10,15,21H,3,6-7,9,11-14H2,1-2H3. The number of piperidine rings is 1. The lowest BCUT2D eigenvalue weighted by molar-refractivity contribution is 0.0268. The van der Waals surface area contributed by atoms with Crippen LogP contribution < -0.4 is 0 Å². The number of para-hydroxylation sites is 1. The summed E-state index contributed by atoms with van der Waals surface area (Å²) in [7, 11) is 0. The molecule has 1 aromatic carbocycles. The van der Waals surface area contributed by atoms with E-state index in [0.29, 0.717) is 0 Å². The van der Waals surface area contributed by atoms with Crippen molar-refractivity contribution in [2.24, 2.45) is 5.92 Å². The van der Waals surface area contributed by atoms with Crippen LogP contribution in [0.2, 0.25) is 0 Å². The van der Waals surface area contributed by atoms with Gasteiger partial charge in [0.25, 0.3) is 0 Å². The summed E-state index contributed by atoms with van der Waals surface area (Å²) in [4.78, 5) is 6.59. The molecule has 1 fully saturated rings.